The molecule has 0 radical (unpaired) electrons. The van der Waals surface area contributed by atoms with Crippen LogP contribution in [-0.2, 0) is 6.54 Å². The minimum absolute atomic E-state index is 0.983. The first-order valence-corrected chi connectivity index (χ1v) is 6.85. The first-order valence-electron chi connectivity index (χ1n) is 6.85. The van der Waals surface area contributed by atoms with Gasteiger partial charge in [-0.2, -0.15) is 0 Å². The normalized spacial score (nSPS) is 16.7. The number of aryl methyl sites for hydroxylation is 1. The number of hydrogen-bond acceptors (Lipinski definition) is 3. The second-order valence-corrected chi connectivity index (χ2v) is 5.09. The molecule has 1 fully saturated rings. The maximum atomic E-state index is 4.39. The van der Waals surface area contributed by atoms with E-state index in [1.807, 2.05) is 24.4 Å². The zero-order valence-corrected chi connectivity index (χ0v) is 11.3. The number of pyridine rings is 1. The van der Waals surface area contributed by atoms with E-state index in [-0.39, 0.29) is 0 Å². The van der Waals surface area contributed by atoms with E-state index >= 15 is 0 Å². The second-order valence-electron chi connectivity index (χ2n) is 5.09. The molecule has 0 amide bonds. The van der Waals surface area contributed by atoms with Gasteiger partial charge < -0.3 is 9.88 Å². The van der Waals surface area contributed by atoms with Crippen molar-refractivity contribution in [1.29, 1.82) is 0 Å². The molecular formula is C15H20N4. The lowest BCUT2D eigenvalue weighted by atomic mass is 10.2. The molecule has 2 aromatic rings. The van der Waals surface area contributed by atoms with Gasteiger partial charge in [-0.1, -0.05) is 6.07 Å². The van der Waals surface area contributed by atoms with Gasteiger partial charge in [0, 0.05) is 51.3 Å². The summed E-state index contributed by atoms with van der Waals surface area (Å²) < 4.78 is 2.12. The van der Waals surface area contributed by atoms with Crippen molar-refractivity contribution < 1.29 is 0 Å². The fourth-order valence-corrected chi connectivity index (χ4v) is 2.51. The molecule has 0 aliphatic carbocycles. The molecule has 3 rings (SSSR count). The monoisotopic (exact) mass is 256 g/mol. The van der Waals surface area contributed by atoms with E-state index in [2.05, 4.69) is 39.1 Å². The Morgan fingerprint density at radius 2 is 2.05 bits per heavy atom. The van der Waals surface area contributed by atoms with Crippen molar-refractivity contribution in [2.75, 3.05) is 26.2 Å². The number of hydrogen-bond donors (Lipinski definition) is 1. The highest BCUT2D eigenvalue weighted by atomic mass is 15.2. The average molecular weight is 256 g/mol. The van der Waals surface area contributed by atoms with Crippen molar-refractivity contribution in [3.8, 4) is 5.82 Å². The maximum Gasteiger partial charge on any atom is 0.136 e. The lowest BCUT2D eigenvalue weighted by molar-refractivity contribution is 0.233. The Kier molecular flexibility index (Phi) is 3.62. The first kappa shape index (κ1) is 12.4. The van der Waals surface area contributed by atoms with Crippen LogP contribution in [0.15, 0.2) is 36.8 Å². The van der Waals surface area contributed by atoms with Gasteiger partial charge in [0.1, 0.15) is 5.82 Å². The molecule has 1 aliphatic heterocycles. The summed E-state index contributed by atoms with van der Waals surface area (Å²) in [7, 11) is 0. The van der Waals surface area contributed by atoms with Crippen molar-refractivity contribution in [1.82, 2.24) is 19.8 Å². The van der Waals surface area contributed by atoms with E-state index in [9.17, 15) is 0 Å². The molecule has 0 atom stereocenters. The highest BCUT2D eigenvalue weighted by Crippen LogP contribution is 2.15. The van der Waals surface area contributed by atoms with Crippen molar-refractivity contribution in [2.45, 2.75) is 13.5 Å². The standard InChI is InChI=1S/C15H20N4/c1-13-10-19(15-4-2-3-5-17-15)12-14(13)11-18-8-6-16-7-9-18/h2-5,10,12,16H,6-9,11H2,1H3. The molecule has 1 saturated heterocycles. The topological polar surface area (TPSA) is 33.1 Å². The molecule has 4 nitrogen and oxygen atoms in total. The average Bonchev–Trinajstić information content (AvgIpc) is 2.82. The van der Waals surface area contributed by atoms with Crippen LogP contribution >= 0.6 is 0 Å². The van der Waals surface area contributed by atoms with Crippen LogP contribution in [-0.4, -0.2) is 40.6 Å². The van der Waals surface area contributed by atoms with Crippen LogP contribution in [0.3, 0.4) is 0 Å². The predicted octanol–water partition coefficient (Wildman–Crippen LogP) is 1.59. The molecule has 0 bridgehead atoms. The molecular weight excluding hydrogens is 236 g/mol. The van der Waals surface area contributed by atoms with Crippen molar-refractivity contribution in [3.05, 3.63) is 47.9 Å². The van der Waals surface area contributed by atoms with Gasteiger partial charge in [0.05, 0.1) is 0 Å². The van der Waals surface area contributed by atoms with Crippen molar-refractivity contribution in [3.63, 3.8) is 0 Å². The third kappa shape index (κ3) is 2.85. The molecule has 3 heterocycles. The van der Waals surface area contributed by atoms with Gasteiger partial charge in [0.2, 0.25) is 0 Å². The summed E-state index contributed by atoms with van der Waals surface area (Å²) in [6.07, 6.45) is 6.21. The van der Waals surface area contributed by atoms with Gasteiger partial charge in [0.25, 0.3) is 0 Å². The Morgan fingerprint density at radius 1 is 1.21 bits per heavy atom. The maximum absolute atomic E-state index is 4.39. The predicted molar refractivity (Wildman–Crippen MR) is 76.4 cm³/mol. The van der Waals surface area contributed by atoms with Gasteiger partial charge in [-0.25, -0.2) is 4.98 Å². The Morgan fingerprint density at radius 3 is 2.79 bits per heavy atom. The van der Waals surface area contributed by atoms with Gasteiger partial charge >= 0.3 is 0 Å². The minimum Gasteiger partial charge on any atom is -0.314 e. The van der Waals surface area contributed by atoms with E-state index in [1.165, 1.54) is 11.1 Å². The molecule has 1 N–H and O–H groups in total. The van der Waals surface area contributed by atoms with Crippen LogP contribution in [0.4, 0.5) is 0 Å². The van der Waals surface area contributed by atoms with Gasteiger partial charge in [-0.15, -0.1) is 0 Å². The van der Waals surface area contributed by atoms with E-state index in [1.54, 1.807) is 0 Å². The number of nitrogens with zero attached hydrogens (tertiary/aromatic N) is 3. The molecule has 0 spiro atoms. The first-order chi connectivity index (χ1) is 9.33. The van der Waals surface area contributed by atoms with Crippen LogP contribution in [0, 0.1) is 6.92 Å². The lowest BCUT2D eigenvalue weighted by Crippen LogP contribution is -2.42. The van der Waals surface area contributed by atoms with Crippen LogP contribution in [0.2, 0.25) is 0 Å². The summed E-state index contributed by atoms with van der Waals surface area (Å²) in [6, 6.07) is 6.00. The van der Waals surface area contributed by atoms with Crippen LogP contribution < -0.4 is 5.32 Å². The Labute approximate surface area is 114 Å². The highest BCUT2D eigenvalue weighted by molar-refractivity contribution is 5.31. The smallest absolute Gasteiger partial charge is 0.136 e. The summed E-state index contributed by atoms with van der Waals surface area (Å²) in [5.41, 5.74) is 2.73. The Bertz CT molecular complexity index is 526. The molecule has 4 heteroatoms. The summed E-state index contributed by atoms with van der Waals surface area (Å²) in [5, 5.41) is 3.39. The molecule has 2 aromatic heterocycles. The molecule has 100 valence electrons. The summed E-state index contributed by atoms with van der Waals surface area (Å²) in [5.74, 6) is 0.983. The fraction of sp³-hybridized carbons (Fsp3) is 0.400. The number of piperazine rings is 1. The third-order valence-electron chi connectivity index (χ3n) is 3.65. The van der Waals surface area contributed by atoms with Crippen molar-refractivity contribution >= 4 is 0 Å². The second kappa shape index (κ2) is 5.55. The largest absolute Gasteiger partial charge is 0.314 e. The zero-order valence-electron chi connectivity index (χ0n) is 11.3. The lowest BCUT2D eigenvalue weighted by Gasteiger charge is -2.27. The SMILES string of the molecule is Cc1cn(-c2ccccn2)cc1CN1CCNCC1. The van der Waals surface area contributed by atoms with E-state index in [0.29, 0.717) is 0 Å². The van der Waals surface area contributed by atoms with Gasteiger partial charge in [-0.3, -0.25) is 4.90 Å². The zero-order chi connectivity index (χ0) is 13.1. The van der Waals surface area contributed by atoms with Gasteiger partial charge in [-0.05, 0) is 30.2 Å². The Balaban J connectivity index is 1.77. The molecule has 0 aromatic carbocycles. The molecule has 19 heavy (non-hydrogen) atoms. The highest BCUT2D eigenvalue weighted by Gasteiger charge is 2.12. The summed E-state index contributed by atoms with van der Waals surface area (Å²) in [4.78, 5) is 6.89. The fourth-order valence-electron chi connectivity index (χ4n) is 2.51. The number of aromatic nitrogens is 2. The number of nitrogens with one attached hydrogen (secondary N) is 1. The van der Waals surface area contributed by atoms with E-state index in [4.69, 9.17) is 0 Å². The van der Waals surface area contributed by atoms with Gasteiger partial charge in [0.15, 0.2) is 0 Å². The van der Waals surface area contributed by atoms with Crippen LogP contribution in [0.1, 0.15) is 11.1 Å². The molecule has 1 aliphatic rings. The van der Waals surface area contributed by atoms with Crippen LogP contribution in [0.5, 0.6) is 0 Å². The molecule has 0 saturated carbocycles. The van der Waals surface area contributed by atoms with Crippen molar-refractivity contribution in [2.24, 2.45) is 0 Å². The number of rotatable bonds is 3. The summed E-state index contributed by atoms with van der Waals surface area (Å²) in [6.45, 7) is 7.67. The van der Waals surface area contributed by atoms with Crippen LogP contribution in [0.25, 0.3) is 5.82 Å². The third-order valence-corrected chi connectivity index (χ3v) is 3.65. The van der Waals surface area contributed by atoms with E-state index < -0.39 is 0 Å². The summed E-state index contributed by atoms with van der Waals surface area (Å²) >= 11 is 0. The quantitative estimate of drug-likeness (QED) is 0.905. The van der Waals surface area contributed by atoms with E-state index in [0.717, 1.165) is 38.5 Å². The Hall–Kier alpha value is -1.65. The molecule has 0 unspecified atom stereocenters. The minimum atomic E-state index is 0.983.